The van der Waals surface area contributed by atoms with Crippen molar-refractivity contribution in [3.63, 3.8) is 0 Å². The Kier molecular flexibility index (Phi) is 6.49. The summed E-state index contributed by atoms with van der Waals surface area (Å²) in [5, 5.41) is 9.64. The van der Waals surface area contributed by atoms with E-state index in [0.717, 1.165) is 12.0 Å². The van der Waals surface area contributed by atoms with Crippen LogP contribution >= 0.6 is 11.8 Å². The van der Waals surface area contributed by atoms with Crippen LogP contribution in [0, 0.1) is 0 Å². The Labute approximate surface area is 162 Å². The first-order chi connectivity index (χ1) is 13.1. The van der Waals surface area contributed by atoms with Gasteiger partial charge < -0.3 is 5.32 Å². The first-order valence-electron chi connectivity index (χ1n) is 8.81. The van der Waals surface area contributed by atoms with E-state index in [1.807, 2.05) is 67.6 Å². The number of carbonyl (C=O) groups excluding carboxylic acids is 1. The van der Waals surface area contributed by atoms with E-state index in [9.17, 15) is 9.59 Å². The van der Waals surface area contributed by atoms with Crippen molar-refractivity contribution < 1.29 is 4.79 Å². The molecule has 1 unspecified atom stereocenters. The molecule has 0 spiro atoms. The maximum absolute atomic E-state index is 12.4. The fraction of sp³-hybridized carbons (Fsp3) is 0.250. The molecule has 0 saturated carbocycles. The van der Waals surface area contributed by atoms with Crippen LogP contribution in [0.3, 0.4) is 0 Å². The molecule has 6 nitrogen and oxygen atoms in total. The predicted molar refractivity (Wildman–Crippen MR) is 107 cm³/mol. The van der Waals surface area contributed by atoms with Crippen molar-refractivity contribution in [1.82, 2.24) is 20.1 Å². The van der Waals surface area contributed by atoms with E-state index in [-0.39, 0.29) is 16.8 Å². The number of H-pyrrole nitrogens is 1. The molecule has 0 saturated heterocycles. The van der Waals surface area contributed by atoms with Crippen molar-refractivity contribution in [2.24, 2.45) is 0 Å². The molecule has 3 rings (SSSR count). The molecule has 1 atom stereocenters. The average Bonchev–Trinajstić information content (AvgIpc) is 3.03. The van der Waals surface area contributed by atoms with Gasteiger partial charge in [-0.15, -0.1) is 5.10 Å². The number of aromatic nitrogens is 3. The zero-order valence-electron chi connectivity index (χ0n) is 15.1. The summed E-state index contributed by atoms with van der Waals surface area (Å²) in [7, 11) is 0. The van der Waals surface area contributed by atoms with E-state index >= 15 is 0 Å². The molecule has 0 fully saturated rings. The van der Waals surface area contributed by atoms with E-state index in [2.05, 4.69) is 15.5 Å². The zero-order chi connectivity index (χ0) is 19.1. The lowest BCUT2D eigenvalue weighted by atomic mass is 10.1. The number of hydrogen-bond acceptors (Lipinski definition) is 4. The van der Waals surface area contributed by atoms with E-state index in [4.69, 9.17) is 0 Å². The highest BCUT2D eigenvalue weighted by atomic mass is 32.2. The lowest BCUT2D eigenvalue weighted by molar-refractivity contribution is -0.120. The molecule has 1 amide bonds. The van der Waals surface area contributed by atoms with Gasteiger partial charge in [0.2, 0.25) is 5.91 Å². The van der Waals surface area contributed by atoms with Gasteiger partial charge in [0.25, 0.3) is 0 Å². The maximum atomic E-state index is 12.4. The highest BCUT2D eigenvalue weighted by molar-refractivity contribution is 8.00. The maximum Gasteiger partial charge on any atom is 0.344 e. The Bertz CT molecular complexity index is 922. The average molecular weight is 382 g/mol. The Morgan fingerprint density at radius 2 is 1.74 bits per heavy atom. The number of nitrogens with zero attached hydrogens (tertiary/aromatic N) is 2. The minimum absolute atomic E-state index is 0.0716. The molecule has 0 aliphatic rings. The number of rotatable bonds is 8. The second-order valence-corrected chi connectivity index (χ2v) is 7.48. The van der Waals surface area contributed by atoms with Gasteiger partial charge in [-0.05, 0) is 24.5 Å². The van der Waals surface area contributed by atoms with Crippen LogP contribution < -0.4 is 11.0 Å². The van der Waals surface area contributed by atoms with Gasteiger partial charge in [-0.2, -0.15) is 0 Å². The number of benzene rings is 2. The van der Waals surface area contributed by atoms with Crippen molar-refractivity contribution >= 4 is 17.7 Å². The van der Waals surface area contributed by atoms with Crippen LogP contribution in [0.1, 0.15) is 18.1 Å². The summed E-state index contributed by atoms with van der Waals surface area (Å²) in [6.07, 6.45) is 0.783. The number of hydrogen-bond donors (Lipinski definition) is 2. The van der Waals surface area contributed by atoms with Crippen molar-refractivity contribution in [2.75, 3.05) is 6.54 Å². The fourth-order valence-electron chi connectivity index (χ4n) is 2.63. The first-order valence-corrected chi connectivity index (χ1v) is 9.69. The normalized spacial score (nSPS) is 11.9. The Morgan fingerprint density at radius 3 is 2.41 bits per heavy atom. The third-order valence-electron chi connectivity index (χ3n) is 4.11. The summed E-state index contributed by atoms with van der Waals surface area (Å²) in [6.45, 7) is 2.81. The summed E-state index contributed by atoms with van der Waals surface area (Å²) in [4.78, 5) is 24.4. The first kappa shape index (κ1) is 19.0. The van der Waals surface area contributed by atoms with Crippen molar-refractivity contribution in [3.05, 3.63) is 82.3 Å². The molecule has 0 bridgehead atoms. The molecule has 140 valence electrons. The highest BCUT2D eigenvalue weighted by Crippen LogP contribution is 2.20. The van der Waals surface area contributed by atoms with Gasteiger partial charge in [0.15, 0.2) is 5.16 Å². The molecule has 0 aliphatic heterocycles. The topological polar surface area (TPSA) is 79.8 Å². The second kappa shape index (κ2) is 9.23. The van der Waals surface area contributed by atoms with Crippen LogP contribution in [-0.4, -0.2) is 32.5 Å². The van der Waals surface area contributed by atoms with Gasteiger partial charge in [-0.25, -0.2) is 9.89 Å². The molecule has 3 aromatic rings. The van der Waals surface area contributed by atoms with Gasteiger partial charge in [0.05, 0.1) is 11.8 Å². The summed E-state index contributed by atoms with van der Waals surface area (Å²) < 4.78 is 1.55. The summed E-state index contributed by atoms with van der Waals surface area (Å²) in [6, 6.07) is 19.7. The smallest absolute Gasteiger partial charge is 0.344 e. The third kappa shape index (κ3) is 5.34. The largest absolute Gasteiger partial charge is 0.355 e. The molecular formula is C20H22N4O2S. The van der Waals surface area contributed by atoms with Gasteiger partial charge in [0.1, 0.15) is 0 Å². The number of carbonyl (C=O) groups is 1. The quantitative estimate of drug-likeness (QED) is 0.587. The minimum atomic E-state index is -0.356. The van der Waals surface area contributed by atoms with Crippen molar-refractivity contribution in [2.45, 2.75) is 30.3 Å². The standard InChI is InChI=1S/C20H22N4O2S/c1-15(18(25)21-13-12-16-8-4-2-5-9-16)27-20-23-22-19(26)24(20)14-17-10-6-3-7-11-17/h2-11,15H,12-14H2,1H3,(H,21,25)(H,22,26). The molecule has 27 heavy (non-hydrogen) atoms. The van der Waals surface area contributed by atoms with Crippen LogP contribution in [-0.2, 0) is 17.8 Å². The predicted octanol–water partition coefficient (Wildman–Crippen LogP) is 2.46. The molecule has 7 heteroatoms. The van der Waals surface area contributed by atoms with E-state index in [1.54, 1.807) is 4.57 Å². The molecule has 1 aromatic heterocycles. The summed E-state index contributed by atoms with van der Waals surface area (Å²) in [5.74, 6) is -0.0716. The Morgan fingerprint density at radius 1 is 1.11 bits per heavy atom. The lowest BCUT2D eigenvalue weighted by Crippen LogP contribution is -2.32. The minimum Gasteiger partial charge on any atom is -0.355 e. The molecule has 1 heterocycles. The van der Waals surface area contributed by atoms with Crippen LogP contribution in [0.2, 0.25) is 0 Å². The molecule has 2 N–H and O–H groups in total. The zero-order valence-corrected chi connectivity index (χ0v) is 15.9. The van der Waals surface area contributed by atoms with Crippen LogP contribution in [0.25, 0.3) is 0 Å². The number of thioether (sulfide) groups is 1. The highest BCUT2D eigenvalue weighted by Gasteiger charge is 2.18. The van der Waals surface area contributed by atoms with Crippen LogP contribution in [0.15, 0.2) is 70.6 Å². The monoisotopic (exact) mass is 382 g/mol. The molecular weight excluding hydrogens is 360 g/mol. The summed E-state index contributed by atoms with van der Waals surface area (Å²) in [5.41, 5.74) is 1.91. The fourth-order valence-corrected chi connectivity index (χ4v) is 3.51. The molecule has 0 aliphatic carbocycles. The number of nitrogens with one attached hydrogen (secondary N) is 2. The molecule has 0 radical (unpaired) electrons. The number of aromatic amines is 1. The SMILES string of the molecule is CC(Sc1n[nH]c(=O)n1Cc1ccccc1)C(=O)NCCc1ccccc1. The Hall–Kier alpha value is -2.80. The van der Waals surface area contributed by atoms with Crippen LogP contribution in [0.4, 0.5) is 0 Å². The van der Waals surface area contributed by atoms with E-state index in [0.29, 0.717) is 18.2 Å². The van der Waals surface area contributed by atoms with Crippen LogP contribution in [0.5, 0.6) is 0 Å². The van der Waals surface area contributed by atoms with Crippen molar-refractivity contribution in [3.8, 4) is 0 Å². The third-order valence-corrected chi connectivity index (χ3v) is 5.20. The van der Waals surface area contributed by atoms with Gasteiger partial charge >= 0.3 is 5.69 Å². The van der Waals surface area contributed by atoms with E-state index < -0.39 is 0 Å². The van der Waals surface area contributed by atoms with Gasteiger partial charge in [-0.1, -0.05) is 72.4 Å². The second-order valence-electron chi connectivity index (χ2n) is 6.17. The Balaban J connectivity index is 1.56. The van der Waals surface area contributed by atoms with Gasteiger partial charge in [0, 0.05) is 6.54 Å². The summed E-state index contributed by atoms with van der Waals surface area (Å²) >= 11 is 1.27. The number of amides is 1. The van der Waals surface area contributed by atoms with Crippen molar-refractivity contribution in [1.29, 1.82) is 0 Å². The van der Waals surface area contributed by atoms with E-state index in [1.165, 1.54) is 17.3 Å². The molecule has 2 aromatic carbocycles. The van der Waals surface area contributed by atoms with Gasteiger partial charge in [-0.3, -0.25) is 9.36 Å². The lowest BCUT2D eigenvalue weighted by Gasteiger charge is -2.12.